The predicted molar refractivity (Wildman–Crippen MR) is 110 cm³/mol. The summed E-state index contributed by atoms with van der Waals surface area (Å²) in [5.74, 6) is -0.214. The largest absolute Gasteiger partial charge is 0.334 e. The Kier molecular flexibility index (Phi) is 5.32. The third-order valence-corrected chi connectivity index (χ3v) is 7.50. The molecule has 2 aromatic heterocycles. The molecule has 29 heavy (non-hydrogen) atoms. The van der Waals surface area contributed by atoms with Crippen LogP contribution in [0.4, 0.5) is 5.69 Å². The highest BCUT2D eigenvalue weighted by Crippen LogP contribution is 2.34. The molecule has 0 atom stereocenters. The summed E-state index contributed by atoms with van der Waals surface area (Å²) in [7, 11) is -3.86. The Balaban J connectivity index is 1.60. The van der Waals surface area contributed by atoms with Crippen LogP contribution in [0.5, 0.6) is 0 Å². The quantitative estimate of drug-likeness (QED) is 0.631. The van der Waals surface area contributed by atoms with Crippen molar-refractivity contribution in [2.45, 2.75) is 24.7 Å². The predicted octanol–water partition coefficient (Wildman–Crippen LogP) is 3.80. The lowest BCUT2D eigenvalue weighted by Gasteiger charge is -2.10. The second kappa shape index (κ2) is 7.77. The van der Waals surface area contributed by atoms with Crippen molar-refractivity contribution in [1.29, 1.82) is 0 Å². The van der Waals surface area contributed by atoms with E-state index >= 15 is 0 Å². The molecule has 0 unspecified atom stereocenters. The van der Waals surface area contributed by atoms with Crippen molar-refractivity contribution in [3.63, 3.8) is 0 Å². The number of nitrogens with zero attached hydrogens (tertiary/aromatic N) is 3. The van der Waals surface area contributed by atoms with Gasteiger partial charge in [-0.3, -0.25) is 9.52 Å². The molecular formula is C18H17ClN4O4S2. The molecule has 0 bridgehead atoms. The number of hydrogen-bond acceptors (Lipinski definition) is 7. The minimum atomic E-state index is -3.86. The normalized spacial score (nSPS) is 14.3. The Hall–Kier alpha value is -2.43. The van der Waals surface area contributed by atoms with Crippen molar-refractivity contribution in [3.8, 4) is 10.7 Å². The molecule has 1 aliphatic heterocycles. The van der Waals surface area contributed by atoms with Crippen LogP contribution in [0.1, 0.15) is 28.4 Å². The number of hydrogen-bond donors (Lipinski definition) is 1. The molecule has 8 nitrogen and oxygen atoms in total. The number of halogens is 1. The maximum atomic E-state index is 12.8. The van der Waals surface area contributed by atoms with Gasteiger partial charge in [0, 0.05) is 18.0 Å². The number of thiophene rings is 1. The molecule has 0 spiro atoms. The van der Waals surface area contributed by atoms with Crippen molar-refractivity contribution >= 4 is 44.6 Å². The highest BCUT2D eigenvalue weighted by atomic mass is 35.5. The first-order valence-electron chi connectivity index (χ1n) is 8.86. The summed E-state index contributed by atoms with van der Waals surface area (Å²) in [6, 6.07) is 8.05. The zero-order valence-corrected chi connectivity index (χ0v) is 17.8. The van der Waals surface area contributed by atoms with E-state index in [1.807, 2.05) is 0 Å². The lowest BCUT2D eigenvalue weighted by Crippen LogP contribution is -2.27. The first-order valence-corrected chi connectivity index (χ1v) is 11.5. The number of likely N-dealkylation sites (tertiary alicyclic amines) is 1. The molecule has 1 amide bonds. The van der Waals surface area contributed by atoms with Gasteiger partial charge in [-0.05, 0) is 38.0 Å². The van der Waals surface area contributed by atoms with Crippen LogP contribution in [-0.4, -0.2) is 42.5 Å². The second-order valence-electron chi connectivity index (χ2n) is 6.54. The SMILES string of the molecule is Cc1sc(-c2noc(C(=O)N3CCCC3)n2)cc1S(=O)(=O)Nc1ccccc1Cl. The molecule has 11 heteroatoms. The van der Waals surface area contributed by atoms with Gasteiger partial charge in [0.25, 0.3) is 10.0 Å². The number of amides is 1. The summed E-state index contributed by atoms with van der Waals surface area (Å²) in [6.45, 7) is 3.03. The number of benzene rings is 1. The fraction of sp³-hybridized carbons (Fsp3) is 0.278. The van der Waals surface area contributed by atoms with E-state index in [1.54, 1.807) is 36.1 Å². The zero-order valence-electron chi connectivity index (χ0n) is 15.4. The minimum Gasteiger partial charge on any atom is -0.334 e. The Labute approximate surface area is 176 Å². The summed E-state index contributed by atoms with van der Waals surface area (Å²) in [5, 5.41) is 4.15. The summed E-state index contributed by atoms with van der Waals surface area (Å²) in [5.41, 5.74) is 0.291. The molecule has 1 N–H and O–H groups in total. The molecule has 3 heterocycles. The van der Waals surface area contributed by atoms with Gasteiger partial charge in [-0.2, -0.15) is 4.98 Å². The number of sulfonamides is 1. The number of para-hydroxylation sites is 1. The number of carbonyl (C=O) groups excluding carboxylic acids is 1. The van der Waals surface area contributed by atoms with E-state index in [2.05, 4.69) is 14.9 Å². The van der Waals surface area contributed by atoms with E-state index in [9.17, 15) is 13.2 Å². The Morgan fingerprint density at radius 2 is 2.00 bits per heavy atom. The zero-order chi connectivity index (χ0) is 20.6. The van der Waals surface area contributed by atoms with Gasteiger partial charge in [-0.25, -0.2) is 8.42 Å². The van der Waals surface area contributed by atoms with Crippen molar-refractivity contribution in [1.82, 2.24) is 15.0 Å². The number of aromatic nitrogens is 2. The highest BCUT2D eigenvalue weighted by Gasteiger charge is 2.27. The summed E-state index contributed by atoms with van der Waals surface area (Å²) >= 11 is 7.26. The molecule has 152 valence electrons. The van der Waals surface area contributed by atoms with E-state index in [0.717, 1.165) is 12.8 Å². The van der Waals surface area contributed by atoms with Gasteiger partial charge < -0.3 is 9.42 Å². The molecule has 1 fully saturated rings. The van der Waals surface area contributed by atoms with E-state index in [1.165, 1.54) is 17.4 Å². The third-order valence-electron chi connectivity index (χ3n) is 4.50. The molecule has 4 rings (SSSR count). The molecule has 1 saturated heterocycles. The van der Waals surface area contributed by atoms with Gasteiger partial charge in [0.15, 0.2) is 0 Å². The van der Waals surface area contributed by atoms with E-state index in [-0.39, 0.29) is 22.5 Å². The minimum absolute atomic E-state index is 0.0912. The van der Waals surface area contributed by atoms with Gasteiger partial charge in [-0.1, -0.05) is 28.9 Å². The molecular weight excluding hydrogens is 436 g/mol. The average molecular weight is 453 g/mol. The molecule has 3 aromatic rings. The number of rotatable bonds is 5. The maximum Gasteiger partial charge on any atom is 0.316 e. The molecule has 0 saturated carbocycles. The van der Waals surface area contributed by atoms with Crippen LogP contribution in [0.3, 0.4) is 0 Å². The Morgan fingerprint density at radius 1 is 1.28 bits per heavy atom. The number of nitrogens with one attached hydrogen (secondary N) is 1. The van der Waals surface area contributed by atoms with Crippen molar-refractivity contribution in [2.24, 2.45) is 0 Å². The third kappa shape index (κ3) is 4.00. The Bertz CT molecular complexity index is 1170. The summed E-state index contributed by atoms with van der Waals surface area (Å²) in [4.78, 5) is 19.3. The van der Waals surface area contributed by atoms with Crippen LogP contribution in [0.25, 0.3) is 10.7 Å². The van der Waals surface area contributed by atoms with Gasteiger partial charge in [-0.15, -0.1) is 11.3 Å². The first-order chi connectivity index (χ1) is 13.8. The topological polar surface area (TPSA) is 105 Å². The Morgan fingerprint density at radius 3 is 2.72 bits per heavy atom. The van der Waals surface area contributed by atoms with Gasteiger partial charge in [0.2, 0.25) is 5.82 Å². The van der Waals surface area contributed by atoms with Crippen LogP contribution >= 0.6 is 22.9 Å². The average Bonchev–Trinajstić information content (AvgIpc) is 3.43. The molecule has 0 radical (unpaired) electrons. The van der Waals surface area contributed by atoms with Crippen molar-refractivity contribution < 1.29 is 17.7 Å². The van der Waals surface area contributed by atoms with Gasteiger partial charge in [0.1, 0.15) is 4.90 Å². The van der Waals surface area contributed by atoms with Gasteiger partial charge in [0.05, 0.1) is 15.6 Å². The lowest BCUT2D eigenvalue weighted by atomic mass is 10.3. The van der Waals surface area contributed by atoms with Crippen LogP contribution in [-0.2, 0) is 10.0 Å². The first kappa shape index (κ1) is 19.9. The van der Waals surface area contributed by atoms with Crippen molar-refractivity contribution in [2.75, 3.05) is 17.8 Å². The second-order valence-corrected chi connectivity index (χ2v) is 9.85. The standard InChI is InChI=1S/C18H17ClN4O4S2/c1-11-15(29(25,26)22-13-7-3-2-6-12(13)19)10-14(28-11)16-20-17(27-21-16)18(24)23-8-4-5-9-23/h2-3,6-7,10,22H,4-5,8-9H2,1H3. The molecule has 0 aliphatic carbocycles. The fourth-order valence-electron chi connectivity index (χ4n) is 3.05. The van der Waals surface area contributed by atoms with Crippen LogP contribution in [0.15, 0.2) is 39.8 Å². The number of carbonyl (C=O) groups is 1. The smallest absolute Gasteiger partial charge is 0.316 e. The molecule has 1 aliphatic rings. The van der Waals surface area contributed by atoms with E-state index in [4.69, 9.17) is 16.1 Å². The monoisotopic (exact) mass is 452 g/mol. The van der Waals surface area contributed by atoms with E-state index < -0.39 is 10.0 Å². The van der Waals surface area contributed by atoms with Crippen LogP contribution in [0, 0.1) is 6.92 Å². The van der Waals surface area contributed by atoms with Crippen LogP contribution in [0.2, 0.25) is 5.02 Å². The fourth-order valence-corrected chi connectivity index (χ4v) is 5.89. The highest BCUT2D eigenvalue weighted by molar-refractivity contribution is 7.93. The summed E-state index contributed by atoms with van der Waals surface area (Å²) < 4.78 is 33.2. The number of aryl methyl sites for hydroxylation is 1. The maximum absolute atomic E-state index is 12.8. The molecule has 1 aromatic carbocycles. The summed E-state index contributed by atoms with van der Waals surface area (Å²) in [6.07, 6.45) is 1.91. The van der Waals surface area contributed by atoms with E-state index in [0.29, 0.717) is 33.6 Å². The lowest BCUT2D eigenvalue weighted by molar-refractivity contribution is 0.0743. The van der Waals surface area contributed by atoms with Crippen LogP contribution < -0.4 is 4.72 Å². The number of anilines is 1. The van der Waals surface area contributed by atoms with Crippen molar-refractivity contribution in [3.05, 3.63) is 46.1 Å². The van der Waals surface area contributed by atoms with Gasteiger partial charge >= 0.3 is 11.8 Å².